The largest absolute Gasteiger partial charge is 0.477 e. The van der Waals surface area contributed by atoms with Gasteiger partial charge in [-0.05, 0) is 28.7 Å². The van der Waals surface area contributed by atoms with E-state index in [1.54, 1.807) is 0 Å². The molecule has 1 aliphatic carbocycles. The van der Waals surface area contributed by atoms with Crippen molar-refractivity contribution in [2.24, 2.45) is 0 Å². The van der Waals surface area contributed by atoms with Crippen molar-refractivity contribution in [3.8, 4) is 11.1 Å². The summed E-state index contributed by atoms with van der Waals surface area (Å²) in [5.74, 6) is -1.48. The molecule has 2 aromatic carbocycles. The molecular weight excluding hydrogens is 466 g/mol. The number of unbranched alkanes of at least 4 members (excludes halogenated alkanes) is 1. The van der Waals surface area contributed by atoms with Crippen molar-refractivity contribution in [1.29, 1.82) is 0 Å². The molecule has 8 nitrogen and oxygen atoms in total. The van der Waals surface area contributed by atoms with Crippen LogP contribution >= 0.6 is 11.3 Å². The second-order valence-corrected chi connectivity index (χ2v) is 9.42. The summed E-state index contributed by atoms with van der Waals surface area (Å²) in [4.78, 5) is 40.6. The number of nitrogens with one attached hydrogen (secondary N) is 2. The highest BCUT2D eigenvalue weighted by Gasteiger charge is 2.29. The minimum absolute atomic E-state index is 0.0654. The van der Waals surface area contributed by atoms with Gasteiger partial charge in [0.2, 0.25) is 5.91 Å². The molecule has 9 heteroatoms. The third-order valence-corrected chi connectivity index (χ3v) is 6.96. The van der Waals surface area contributed by atoms with Gasteiger partial charge in [-0.25, -0.2) is 14.6 Å². The molecular formula is C26H27N3O5S. The molecule has 0 spiro atoms. The number of rotatable bonds is 10. The fourth-order valence-corrected chi connectivity index (χ4v) is 4.93. The first-order valence-electron chi connectivity index (χ1n) is 11.5. The Labute approximate surface area is 207 Å². The number of ether oxygens (including phenoxy) is 1. The third-order valence-electron chi connectivity index (χ3n) is 5.98. The number of aromatic nitrogens is 1. The zero-order valence-electron chi connectivity index (χ0n) is 19.3. The number of aromatic carboxylic acids is 1. The average Bonchev–Trinajstić information content (AvgIpc) is 3.47. The number of alkyl carbamates (subject to hydrolysis) is 1. The van der Waals surface area contributed by atoms with Crippen LogP contribution in [0.5, 0.6) is 0 Å². The van der Waals surface area contributed by atoms with E-state index in [0.29, 0.717) is 11.4 Å². The van der Waals surface area contributed by atoms with Gasteiger partial charge < -0.3 is 20.5 Å². The van der Waals surface area contributed by atoms with Crippen LogP contribution in [0.3, 0.4) is 0 Å². The normalized spacial score (nSPS) is 12.9. The maximum absolute atomic E-state index is 12.8. The first-order chi connectivity index (χ1) is 17.0. The first-order valence-corrected chi connectivity index (χ1v) is 12.4. The van der Waals surface area contributed by atoms with Crippen molar-refractivity contribution in [2.45, 2.75) is 44.7 Å². The van der Waals surface area contributed by atoms with E-state index in [0.717, 1.165) is 46.4 Å². The van der Waals surface area contributed by atoms with E-state index in [4.69, 9.17) is 9.84 Å². The zero-order chi connectivity index (χ0) is 24.8. The number of amides is 2. The standard InChI is InChI=1S/C26H27N3O5S/c1-2-3-12-21(24(30)28-14-23-27-13-22(35-23)25(31)32)29-26(33)34-15-20-18-10-6-4-8-16(18)17-9-5-7-11-19(17)20/h4-11,13,20-21H,2-3,12,14-15H2,1H3,(H,28,30)(H,29,33)(H,31,32). The molecule has 0 aliphatic heterocycles. The molecule has 0 saturated carbocycles. The van der Waals surface area contributed by atoms with Gasteiger partial charge in [0.05, 0.1) is 12.7 Å². The molecule has 0 radical (unpaired) electrons. The van der Waals surface area contributed by atoms with Gasteiger partial charge in [0.25, 0.3) is 0 Å². The zero-order valence-corrected chi connectivity index (χ0v) is 20.1. The fraction of sp³-hybridized carbons (Fsp3) is 0.308. The van der Waals surface area contributed by atoms with E-state index in [9.17, 15) is 14.4 Å². The molecule has 1 heterocycles. The first kappa shape index (κ1) is 24.4. The van der Waals surface area contributed by atoms with Crippen LogP contribution in [0.1, 0.15) is 57.9 Å². The predicted octanol–water partition coefficient (Wildman–Crippen LogP) is 4.56. The van der Waals surface area contributed by atoms with Crippen molar-refractivity contribution in [2.75, 3.05) is 6.61 Å². The number of benzene rings is 2. The van der Waals surface area contributed by atoms with Gasteiger partial charge in [0.15, 0.2) is 0 Å². The molecule has 1 aromatic heterocycles. The van der Waals surface area contributed by atoms with E-state index in [1.807, 2.05) is 43.3 Å². The second kappa shape index (κ2) is 11.1. The van der Waals surface area contributed by atoms with Gasteiger partial charge in [-0.15, -0.1) is 11.3 Å². The number of thiazole rings is 1. The molecule has 3 aromatic rings. The van der Waals surface area contributed by atoms with Crippen molar-refractivity contribution >= 4 is 29.3 Å². The van der Waals surface area contributed by atoms with Gasteiger partial charge in [-0.3, -0.25) is 4.79 Å². The minimum Gasteiger partial charge on any atom is -0.477 e. The average molecular weight is 494 g/mol. The lowest BCUT2D eigenvalue weighted by Gasteiger charge is -2.19. The van der Waals surface area contributed by atoms with E-state index < -0.39 is 18.1 Å². The summed E-state index contributed by atoms with van der Waals surface area (Å²) in [6, 6.07) is 15.4. The highest BCUT2D eigenvalue weighted by molar-refractivity contribution is 7.13. The van der Waals surface area contributed by atoms with Crippen LogP contribution in [0.4, 0.5) is 4.79 Å². The number of carbonyl (C=O) groups is 3. The third kappa shape index (κ3) is 5.68. The molecule has 2 amide bonds. The van der Waals surface area contributed by atoms with E-state index in [1.165, 1.54) is 6.20 Å². The van der Waals surface area contributed by atoms with E-state index >= 15 is 0 Å². The van der Waals surface area contributed by atoms with Gasteiger partial charge in [-0.1, -0.05) is 68.3 Å². The van der Waals surface area contributed by atoms with Crippen LogP contribution in [0.25, 0.3) is 11.1 Å². The van der Waals surface area contributed by atoms with Crippen molar-refractivity contribution in [1.82, 2.24) is 15.6 Å². The molecule has 4 rings (SSSR count). The molecule has 1 unspecified atom stereocenters. The lowest BCUT2D eigenvalue weighted by Crippen LogP contribution is -2.46. The van der Waals surface area contributed by atoms with Gasteiger partial charge in [-0.2, -0.15) is 0 Å². The van der Waals surface area contributed by atoms with Crippen molar-refractivity contribution in [3.63, 3.8) is 0 Å². The van der Waals surface area contributed by atoms with E-state index in [-0.39, 0.29) is 29.9 Å². The van der Waals surface area contributed by atoms with Crippen LogP contribution < -0.4 is 10.6 Å². The summed E-state index contributed by atoms with van der Waals surface area (Å²) in [6.07, 6.45) is 2.70. The Morgan fingerprint density at radius 3 is 2.34 bits per heavy atom. The van der Waals surface area contributed by atoms with Crippen LogP contribution in [-0.4, -0.2) is 40.7 Å². The summed E-state index contributed by atoms with van der Waals surface area (Å²) in [6.45, 7) is 2.26. The Hall–Kier alpha value is -3.72. The van der Waals surface area contributed by atoms with Gasteiger partial charge in [0.1, 0.15) is 22.5 Å². The number of hydrogen-bond acceptors (Lipinski definition) is 6. The number of carboxylic acid groups (broad SMARTS) is 1. The Bertz CT molecular complexity index is 1180. The summed E-state index contributed by atoms with van der Waals surface area (Å²) < 4.78 is 5.59. The Kier molecular flexibility index (Phi) is 7.77. The number of carboxylic acids is 1. The maximum atomic E-state index is 12.8. The highest BCUT2D eigenvalue weighted by Crippen LogP contribution is 2.44. The summed E-state index contributed by atoms with van der Waals surface area (Å²) in [5.41, 5.74) is 4.52. The topological polar surface area (TPSA) is 118 Å². The lowest BCUT2D eigenvalue weighted by atomic mass is 9.98. The Morgan fingerprint density at radius 2 is 1.74 bits per heavy atom. The Morgan fingerprint density at radius 1 is 1.09 bits per heavy atom. The Balaban J connectivity index is 1.36. The summed E-state index contributed by atoms with van der Waals surface area (Å²) >= 11 is 1.00. The number of fused-ring (bicyclic) bond motifs is 3. The lowest BCUT2D eigenvalue weighted by molar-refractivity contribution is -0.123. The molecule has 3 N–H and O–H groups in total. The van der Waals surface area contributed by atoms with Crippen LogP contribution in [0, 0.1) is 0 Å². The molecule has 1 aliphatic rings. The quantitative estimate of drug-likeness (QED) is 0.381. The maximum Gasteiger partial charge on any atom is 0.407 e. The molecule has 0 saturated heterocycles. The predicted molar refractivity (Wildman–Crippen MR) is 132 cm³/mol. The van der Waals surface area contributed by atoms with E-state index in [2.05, 4.69) is 27.8 Å². The van der Waals surface area contributed by atoms with Crippen molar-refractivity contribution < 1.29 is 24.2 Å². The number of nitrogens with zero attached hydrogens (tertiary/aromatic N) is 1. The molecule has 35 heavy (non-hydrogen) atoms. The van der Waals surface area contributed by atoms with Crippen LogP contribution in [0.2, 0.25) is 0 Å². The smallest absolute Gasteiger partial charge is 0.407 e. The highest BCUT2D eigenvalue weighted by atomic mass is 32.1. The SMILES string of the molecule is CCCCC(NC(=O)OCC1c2ccccc2-c2ccccc21)C(=O)NCc1ncc(C(=O)O)s1. The molecule has 1 atom stereocenters. The van der Waals surface area contributed by atoms with Crippen molar-refractivity contribution in [3.05, 3.63) is 75.7 Å². The second-order valence-electron chi connectivity index (χ2n) is 8.31. The minimum atomic E-state index is -1.06. The molecule has 0 bridgehead atoms. The summed E-state index contributed by atoms with van der Waals surface area (Å²) in [7, 11) is 0. The summed E-state index contributed by atoms with van der Waals surface area (Å²) in [5, 5.41) is 14.9. The van der Waals surface area contributed by atoms with Gasteiger partial charge in [0, 0.05) is 5.92 Å². The fourth-order valence-electron chi connectivity index (χ4n) is 4.24. The van der Waals surface area contributed by atoms with Gasteiger partial charge >= 0.3 is 12.1 Å². The molecule has 182 valence electrons. The number of carbonyl (C=O) groups excluding carboxylic acids is 2. The van der Waals surface area contributed by atoms with Crippen LogP contribution in [-0.2, 0) is 16.1 Å². The van der Waals surface area contributed by atoms with Crippen LogP contribution in [0.15, 0.2) is 54.7 Å². The molecule has 0 fully saturated rings. The number of hydrogen-bond donors (Lipinski definition) is 3. The monoisotopic (exact) mass is 493 g/mol.